The number of hydrogen-bond acceptors (Lipinski definition) is 3. The van der Waals surface area contributed by atoms with Gasteiger partial charge in [0.1, 0.15) is 0 Å². The summed E-state index contributed by atoms with van der Waals surface area (Å²) in [6.45, 7) is 1.85. The van der Waals surface area contributed by atoms with E-state index >= 15 is 0 Å². The molecule has 116 valence electrons. The lowest BCUT2D eigenvalue weighted by Crippen LogP contribution is -2.40. The Kier molecular flexibility index (Phi) is 6.18. The van der Waals surface area contributed by atoms with Crippen LogP contribution < -0.4 is 16.4 Å². The Labute approximate surface area is 131 Å². The lowest BCUT2D eigenvalue weighted by Gasteiger charge is -2.25. The van der Waals surface area contributed by atoms with Crippen molar-refractivity contribution in [3.05, 3.63) is 24.3 Å². The quantitative estimate of drug-likeness (QED) is 0.799. The van der Waals surface area contributed by atoms with Gasteiger partial charge in [-0.15, -0.1) is 12.4 Å². The van der Waals surface area contributed by atoms with Gasteiger partial charge in [-0.05, 0) is 37.1 Å². The summed E-state index contributed by atoms with van der Waals surface area (Å²) in [6, 6.07) is 7.09. The van der Waals surface area contributed by atoms with Gasteiger partial charge in [0.05, 0.1) is 5.41 Å². The second-order valence-corrected chi connectivity index (χ2v) is 5.40. The van der Waals surface area contributed by atoms with Gasteiger partial charge in [-0.1, -0.05) is 12.8 Å². The van der Waals surface area contributed by atoms with Gasteiger partial charge in [-0.25, -0.2) is 0 Å². The van der Waals surface area contributed by atoms with E-state index in [0.717, 1.165) is 31.4 Å². The number of nitrogens with two attached hydrogens (primary N) is 1. The summed E-state index contributed by atoms with van der Waals surface area (Å²) in [5, 5.41) is 5.61. The highest BCUT2D eigenvalue weighted by atomic mass is 35.5. The fourth-order valence-corrected chi connectivity index (χ4v) is 2.68. The first-order valence-corrected chi connectivity index (χ1v) is 6.95. The molecule has 0 atom stereocenters. The number of nitrogens with one attached hydrogen (secondary N) is 2. The number of benzene rings is 1. The second-order valence-electron chi connectivity index (χ2n) is 5.40. The van der Waals surface area contributed by atoms with Gasteiger partial charge >= 0.3 is 0 Å². The minimum Gasteiger partial charge on any atom is -0.329 e. The molecule has 0 unspecified atom stereocenters. The van der Waals surface area contributed by atoms with Crippen molar-refractivity contribution in [1.82, 2.24) is 0 Å². The molecule has 21 heavy (non-hydrogen) atoms. The van der Waals surface area contributed by atoms with Crippen LogP contribution in [0.4, 0.5) is 11.4 Å². The molecule has 0 radical (unpaired) electrons. The molecule has 1 aliphatic carbocycles. The molecule has 1 aromatic carbocycles. The molecule has 0 saturated heterocycles. The van der Waals surface area contributed by atoms with E-state index in [-0.39, 0.29) is 24.2 Å². The van der Waals surface area contributed by atoms with Crippen LogP contribution in [0, 0.1) is 5.41 Å². The zero-order chi connectivity index (χ0) is 14.6. The smallest absolute Gasteiger partial charge is 0.231 e. The van der Waals surface area contributed by atoms with Crippen molar-refractivity contribution < 1.29 is 9.59 Å². The minimum absolute atomic E-state index is 0. The van der Waals surface area contributed by atoms with Crippen molar-refractivity contribution in [2.45, 2.75) is 32.6 Å². The minimum atomic E-state index is -0.406. The largest absolute Gasteiger partial charge is 0.329 e. The average molecular weight is 312 g/mol. The molecule has 2 amide bonds. The van der Waals surface area contributed by atoms with Gasteiger partial charge in [0.25, 0.3) is 0 Å². The molecule has 0 heterocycles. The summed E-state index contributed by atoms with van der Waals surface area (Å²) in [5.74, 6) is -0.111. The number of carbonyl (C=O) groups excluding carboxylic acids is 2. The maximum absolute atomic E-state index is 12.4. The Morgan fingerprint density at radius 1 is 1.10 bits per heavy atom. The molecule has 1 aromatic rings. The molecule has 0 aliphatic heterocycles. The highest BCUT2D eigenvalue weighted by Crippen LogP contribution is 2.38. The summed E-state index contributed by atoms with van der Waals surface area (Å²) in [5.41, 5.74) is 6.83. The van der Waals surface area contributed by atoms with Crippen molar-refractivity contribution in [2.24, 2.45) is 11.1 Å². The lowest BCUT2D eigenvalue weighted by atomic mass is 9.85. The molecule has 4 N–H and O–H groups in total. The van der Waals surface area contributed by atoms with Crippen molar-refractivity contribution >= 4 is 35.6 Å². The third-order valence-electron chi connectivity index (χ3n) is 3.90. The summed E-state index contributed by atoms with van der Waals surface area (Å²) >= 11 is 0. The molecule has 0 bridgehead atoms. The molecular formula is C15H22ClN3O2. The molecule has 1 fully saturated rings. The van der Waals surface area contributed by atoms with Crippen molar-refractivity contribution in [3.8, 4) is 0 Å². The zero-order valence-electron chi connectivity index (χ0n) is 12.1. The van der Waals surface area contributed by atoms with Gasteiger partial charge in [-0.2, -0.15) is 0 Å². The van der Waals surface area contributed by atoms with Crippen LogP contribution in [0.15, 0.2) is 24.3 Å². The van der Waals surface area contributed by atoms with Gasteiger partial charge in [0.2, 0.25) is 11.8 Å². The topological polar surface area (TPSA) is 84.2 Å². The molecule has 6 heteroatoms. The summed E-state index contributed by atoms with van der Waals surface area (Å²) in [7, 11) is 0. The SMILES string of the molecule is CC(=O)Nc1ccc(NC(=O)C2(CN)CCCC2)cc1.Cl. The first-order valence-electron chi connectivity index (χ1n) is 6.95. The molecular weight excluding hydrogens is 290 g/mol. The van der Waals surface area contributed by atoms with Gasteiger partial charge in [0, 0.05) is 24.8 Å². The Balaban J connectivity index is 0.00000220. The van der Waals surface area contributed by atoms with Crippen LogP contribution in [0.5, 0.6) is 0 Å². The maximum Gasteiger partial charge on any atom is 0.231 e. The number of halogens is 1. The number of anilines is 2. The fourth-order valence-electron chi connectivity index (χ4n) is 2.68. The van der Waals surface area contributed by atoms with E-state index in [4.69, 9.17) is 5.73 Å². The molecule has 1 saturated carbocycles. The molecule has 1 aliphatic rings. The summed E-state index contributed by atoms with van der Waals surface area (Å²) in [6.07, 6.45) is 3.84. The molecule has 0 aromatic heterocycles. The van der Waals surface area contributed by atoms with Gasteiger partial charge < -0.3 is 16.4 Å². The van der Waals surface area contributed by atoms with Crippen LogP contribution in [0.25, 0.3) is 0 Å². The van der Waals surface area contributed by atoms with E-state index in [1.165, 1.54) is 6.92 Å². The van der Waals surface area contributed by atoms with E-state index in [1.54, 1.807) is 24.3 Å². The van der Waals surface area contributed by atoms with E-state index in [2.05, 4.69) is 10.6 Å². The highest BCUT2D eigenvalue weighted by molar-refractivity contribution is 5.96. The predicted molar refractivity (Wildman–Crippen MR) is 86.6 cm³/mol. The average Bonchev–Trinajstić information content (AvgIpc) is 2.90. The maximum atomic E-state index is 12.4. The Hall–Kier alpha value is -1.59. The third kappa shape index (κ3) is 4.19. The molecule has 0 spiro atoms. The first-order chi connectivity index (χ1) is 9.55. The van der Waals surface area contributed by atoms with Crippen molar-refractivity contribution in [1.29, 1.82) is 0 Å². The number of amides is 2. The monoisotopic (exact) mass is 311 g/mol. The van der Waals surface area contributed by atoms with Crippen LogP contribution in [-0.2, 0) is 9.59 Å². The number of hydrogen-bond donors (Lipinski definition) is 3. The molecule has 5 nitrogen and oxygen atoms in total. The van der Waals surface area contributed by atoms with Gasteiger partial charge in [-0.3, -0.25) is 9.59 Å². The molecule has 2 rings (SSSR count). The van der Waals surface area contributed by atoms with Crippen LogP contribution in [0.1, 0.15) is 32.6 Å². The highest BCUT2D eigenvalue weighted by Gasteiger charge is 2.39. The van der Waals surface area contributed by atoms with Crippen LogP contribution >= 0.6 is 12.4 Å². The van der Waals surface area contributed by atoms with E-state index < -0.39 is 5.41 Å². The fraction of sp³-hybridized carbons (Fsp3) is 0.467. The standard InChI is InChI=1S/C15H21N3O2.ClH/c1-11(19)17-12-4-6-13(7-5-12)18-14(20)15(10-16)8-2-3-9-15;/h4-7H,2-3,8-10,16H2,1H3,(H,17,19)(H,18,20);1H. The van der Waals surface area contributed by atoms with E-state index in [9.17, 15) is 9.59 Å². The number of rotatable bonds is 4. The van der Waals surface area contributed by atoms with Crippen molar-refractivity contribution in [2.75, 3.05) is 17.2 Å². The summed E-state index contributed by atoms with van der Waals surface area (Å²) < 4.78 is 0. The normalized spacial score (nSPS) is 15.9. The Morgan fingerprint density at radius 3 is 2.00 bits per heavy atom. The number of carbonyl (C=O) groups is 2. The second kappa shape index (κ2) is 7.43. The van der Waals surface area contributed by atoms with Crippen LogP contribution in [0.2, 0.25) is 0 Å². The Morgan fingerprint density at radius 2 is 1.57 bits per heavy atom. The van der Waals surface area contributed by atoms with Crippen LogP contribution in [-0.4, -0.2) is 18.4 Å². The Bertz CT molecular complexity index is 496. The summed E-state index contributed by atoms with van der Waals surface area (Å²) in [4.78, 5) is 23.3. The van der Waals surface area contributed by atoms with Crippen molar-refractivity contribution in [3.63, 3.8) is 0 Å². The van der Waals surface area contributed by atoms with Gasteiger partial charge in [0.15, 0.2) is 0 Å². The van der Waals surface area contributed by atoms with E-state index in [0.29, 0.717) is 12.2 Å². The third-order valence-corrected chi connectivity index (χ3v) is 3.90. The lowest BCUT2D eigenvalue weighted by molar-refractivity contribution is -0.124. The zero-order valence-corrected chi connectivity index (χ0v) is 13.0. The first kappa shape index (κ1) is 17.5. The predicted octanol–water partition coefficient (Wildman–Crippen LogP) is 2.52. The van der Waals surface area contributed by atoms with Crippen LogP contribution in [0.3, 0.4) is 0 Å². The van der Waals surface area contributed by atoms with E-state index in [1.807, 2.05) is 0 Å².